The van der Waals surface area contributed by atoms with Gasteiger partial charge in [-0.15, -0.1) is 0 Å². The van der Waals surface area contributed by atoms with Crippen LogP contribution in [0, 0.1) is 23.7 Å². The molecule has 4 bridgehead atoms. The van der Waals surface area contributed by atoms with Gasteiger partial charge in [0.25, 0.3) is 0 Å². The summed E-state index contributed by atoms with van der Waals surface area (Å²) in [6, 6.07) is 17.3. The first-order chi connectivity index (χ1) is 13.2. The van der Waals surface area contributed by atoms with Crippen LogP contribution in [0.5, 0.6) is 0 Å². The normalized spacial score (nSPS) is 31.5. The van der Waals surface area contributed by atoms with Crippen molar-refractivity contribution in [2.45, 2.75) is 38.0 Å². The lowest BCUT2D eigenvalue weighted by molar-refractivity contribution is -0.131. The summed E-state index contributed by atoms with van der Waals surface area (Å²) in [6.45, 7) is 0. The van der Waals surface area contributed by atoms with Crippen molar-refractivity contribution in [1.29, 1.82) is 0 Å². The van der Waals surface area contributed by atoms with E-state index in [0.717, 1.165) is 35.2 Å². The van der Waals surface area contributed by atoms with Crippen molar-refractivity contribution in [1.82, 2.24) is 0 Å². The Kier molecular flexibility index (Phi) is 4.15. The first kappa shape index (κ1) is 16.8. The molecule has 4 aliphatic carbocycles. The summed E-state index contributed by atoms with van der Waals surface area (Å²) >= 11 is 0. The number of benzene rings is 2. The number of carboxylic acid groups (broad SMARTS) is 1. The van der Waals surface area contributed by atoms with Gasteiger partial charge in [0, 0.05) is 6.08 Å². The first-order valence-corrected chi connectivity index (χ1v) is 10.3. The van der Waals surface area contributed by atoms with Crippen LogP contribution in [-0.2, 0) is 4.79 Å². The fraction of sp³-hybridized carbons (Fsp3) is 0.400. The lowest BCUT2D eigenvalue weighted by atomic mass is 9.50. The van der Waals surface area contributed by atoms with Gasteiger partial charge in [-0.25, -0.2) is 4.79 Å². The predicted molar refractivity (Wildman–Crippen MR) is 108 cm³/mol. The van der Waals surface area contributed by atoms with E-state index in [0.29, 0.717) is 0 Å². The van der Waals surface area contributed by atoms with Gasteiger partial charge in [-0.2, -0.15) is 0 Å². The van der Waals surface area contributed by atoms with Crippen LogP contribution in [0.2, 0.25) is 0 Å². The molecule has 4 aliphatic rings. The lowest BCUT2D eigenvalue weighted by Crippen LogP contribution is -2.43. The Hall–Kier alpha value is -2.35. The molecule has 2 nitrogen and oxygen atoms in total. The highest BCUT2D eigenvalue weighted by Gasteiger charge is 2.48. The van der Waals surface area contributed by atoms with Crippen molar-refractivity contribution in [2.75, 3.05) is 0 Å². The third-order valence-electron chi connectivity index (χ3n) is 7.16. The summed E-state index contributed by atoms with van der Waals surface area (Å²) in [7, 11) is 0. The van der Waals surface area contributed by atoms with E-state index in [1.165, 1.54) is 54.9 Å². The number of hydrogen-bond acceptors (Lipinski definition) is 1. The largest absolute Gasteiger partial charge is 0.478 e. The van der Waals surface area contributed by atoms with E-state index in [9.17, 15) is 4.79 Å². The van der Waals surface area contributed by atoms with E-state index < -0.39 is 5.97 Å². The molecule has 0 radical (unpaired) electrons. The molecule has 2 aromatic carbocycles. The van der Waals surface area contributed by atoms with Crippen LogP contribution in [0.3, 0.4) is 0 Å². The molecule has 0 unspecified atom stereocenters. The van der Waals surface area contributed by atoms with E-state index in [2.05, 4.69) is 36.4 Å². The summed E-state index contributed by atoms with van der Waals surface area (Å²) in [5.74, 6) is 3.68. The van der Waals surface area contributed by atoms with Crippen molar-refractivity contribution in [3.8, 4) is 11.1 Å². The second-order valence-corrected chi connectivity index (χ2v) is 8.88. The van der Waals surface area contributed by atoms with Crippen LogP contribution in [0.1, 0.15) is 49.1 Å². The number of rotatable bonds is 4. The highest BCUT2D eigenvalue weighted by atomic mass is 16.4. The van der Waals surface area contributed by atoms with Gasteiger partial charge in [0.15, 0.2) is 0 Å². The molecule has 2 aromatic rings. The molecule has 27 heavy (non-hydrogen) atoms. The Bertz CT molecular complexity index is 849. The zero-order valence-corrected chi connectivity index (χ0v) is 15.6. The quantitative estimate of drug-likeness (QED) is 0.682. The summed E-state index contributed by atoms with van der Waals surface area (Å²) in [5.41, 5.74) is 4.93. The fourth-order valence-corrected chi connectivity index (χ4v) is 6.35. The average molecular weight is 358 g/mol. The van der Waals surface area contributed by atoms with Gasteiger partial charge in [-0.1, -0.05) is 48.5 Å². The molecular weight excluding hydrogens is 332 g/mol. The zero-order valence-electron chi connectivity index (χ0n) is 15.6. The Balaban J connectivity index is 1.40. The Morgan fingerprint density at radius 3 is 2.15 bits per heavy atom. The SMILES string of the molecule is O=C(O)C=Cc1ccc(-c2cccc(C3C4CC5CC(C4)CC3C5)c2)cc1. The van der Waals surface area contributed by atoms with E-state index in [1.54, 1.807) is 6.08 Å². The number of hydrogen-bond donors (Lipinski definition) is 1. The van der Waals surface area contributed by atoms with E-state index in [-0.39, 0.29) is 0 Å². The van der Waals surface area contributed by atoms with Crippen molar-refractivity contribution < 1.29 is 9.90 Å². The predicted octanol–water partition coefficient (Wildman–Crippen LogP) is 5.99. The van der Waals surface area contributed by atoms with Crippen molar-refractivity contribution in [3.05, 3.63) is 65.7 Å². The molecule has 2 heteroatoms. The standard InChI is InChI=1S/C25H26O2/c26-24(27)9-6-16-4-7-19(8-5-16)20-2-1-3-21(15-20)25-22-11-17-10-18(13-22)14-23(25)12-17/h1-9,15,17-18,22-23,25H,10-14H2,(H,26,27). The zero-order chi connectivity index (χ0) is 18.4. The molecular formula is C25H26O2. The van der Waals surface area contributed by atoms with Gasteiger partial charge in [-0.05, 0) is 90.0 Å². The van der Waals surface area contributed by atoms with Crippen LogP contribution in [0.4, 0.5) is 0 Å². The highest BCUT2D eigenvalue weighted by Crippen LogP contribution is 2.59. The van der Waals surface area contributed by atoms with Gasteiger partial charge in [0.05, 0.1) is 0 Å². The average Bonchev–Trinajstić information content (AvgIpc) is 2.66. The Morgan fingerprint density at radius 2 is 1.52 bits per heavy atom. The molecule has 1 N–H and O–H groups in total. The van der Waals surface area contributed by atoms with Gasteiger partial charge in [0.2, 0.25) is 0 Å². The highest BCUT2D eigenvalue weighted by molar-refractivity contribution is 5.85. The number of carboxylic acids is 1. The van der Waals surface area contributed by atoms with E-state index >= 15 is 0 Å². The van der Waals surface area contributed by atoms with Gasteiger partial charge >= 0.3 is 5.97 Å². The maximum Gasteiger partial charge on any atom is 0.328 e. The molecule has 0 aliphatic heterocycles. The first-order valence-electron chi connectivity index (χ1n) is 10.3. The topological polar surface area (TPSA) is 37.3 Å². The Morgan fingerprint density at radius 1 is 0.852 bits per heavy atom. The Labute approximate surface area is 160 Å². The minimum Gasteiger partial charge on any atom is -0.478 e. The number of aliphatic carboxylic acids is 1. The lowest BCUT2D eigenvalue weighted by Gasteiger charge is -2.54. The second kappa shape index (κ2) is 6.67. The van der Waals surface area contributed by atoms with Crippen molar-refractivity contribution in [2.24, 2.45) is 23.7 Å². The molecule has 6 rings (SSSR count). The third kappa shape index (κ3) is 3.22. The molecule has 0 amide bonds. The van der Waals surface area contributed by atoms with Crippen LogP contribution >= 0.6 is 0 Å². The molecule has 0 spiro atoms. The van der Waals surface area contributed by atoms with Crippen LogP contribution in [0.15, 0.2) is 54.6 Å². The van der Waals surface area contributed by atoms with Crippen molar-refractivity contribution in [3.63, 3.8) is 0 Å². The molecule has 138 valence electrons. The fourth-order valence-electron chi connectivity index (χ4n) is 6.35. The molecule has 4 fully saturated rings. The third-order valence-corrected chi connectivity index (χ3v) is 7.16. The molecule has 4 saturated carbocycles. The van der Waals surface area contributed by atoms with Gasteiger partial charge in [0.1, 0.15) is 0 Å². The molecule has 0 heterocycles. The summed E-state index contributed by atoms with van der Waals surface area (Å²) in [6.07, 6.45) is 10.1. The number of carbonyl (C=O) groups is 1. The van der Waals surface area contributed by atoms with Gasteiger partial charge < -0.3 is 5.11 Å². The molecule has 0 atom stereocenters. The second-order valence-electron chi connectivity index (χ2n) is 8.88. The van der Waals surface area contributed by atoms with Gasteiger partial charge in [-0.3, -0.25) is 0 Å². The smallest absolute Gasteiger partial charge is 0.328 e. The summed E-state index contributed by atoms with van der Waals surface area (Å²) < 4.78 is 0. The van der Waals surface area contributed by atoms with Crippen LogP contribution in [0.25, 0.3) is 17.2 Å². The monoisotopic (exact) mass is 358 g/mol. The van der Waals surface area contributed by atoms with E-state index in [4.69, 9.17) is 5.11 Å². The minimum absolute atomic E-state index is 0.760. The van der Waals surface area contributed by atoms with Crippen LogP contribution < -0.4 is 0 Å². The van der Waals surface area contributed by atoms with E-state index in [1.807, 2.05) is 12.1 Å². The summed E-state index contributed by atoms with van der Waals surface area (Å²) in [4.78, 5) is 10.7. The van der Waals surface area contributed by atoms with Crippen molar-refractivity contribution >= 4 is 12.0 Å². The van der Waals surface area contributed by atoms with Crippen LogP contribution in [-0.4, -0.2) is 11.1 Å². The maximum absolute atomic E-state index is 10.7. The maximum atomic E-state index is 10.7. The summed E-state index contributed by atoms with van der Waals surface area (Å²) in [5, 5.41) is 8.76. The molecule has 0 saturated heterocycles. The molecule has 0 aromatic heterocycles. The minimum atomic E-state index is -0.914.